The molecule has 5 rings (SSSR count). The monoisotopic (exact) mass is 519 g/mol. The number of halogens is 5. The quantitative estimate of drug-likeness (QED) is 0.483. The number of aromatic amines is 1. The van der Waals surface area contributed by atoms with E-state index >= 15 is 0 Å². The second-order valence-electron chi connectivity index (χ2n) is 9.30. The summed E-state index contributed by atoms with van der Waals surface area (Å²) < 4.78 is 53.6. The molecule has 188 valence electrons. The maximum Gasteiger partial charge on any atom is 0.419 e. The van der Waals surface area contributed by atoms with E-state index in [4.69, 9.17) is 16.6 Å². The number of aromatic nitrogens is 2. The molecule has 1 aromatic heterocycles. The van der Waals surface area contributed by atoms with Crippen LogP contribution in [-0.4, -0.2) is 27.3 Å². The summed E-state index contributed by atoms with van der Waals surface area (Å²) in [4.78, 5) is 35.1. The van der Waals surface area contributed by atoms with Gasteiger partial charge in [0.15, 0.2) is 0 Å². The van der Waals surface area contributed by atoms with Gasteiger partial charge in [0, 0.05) is 11.6 Å². The van der Waals surface area contributed by atoms with Crippen LogP contribution < -0.4 is 5.56 Å². The summed E-state index contributed by atoms with van der Waals surface area (Å²) in [6.45, 7) is 0.242. The topological polar surface area (TPSA) is 66.1 Å². The molecule has 0 saturated heterocycles. The summed E-state index contributed by atoms with van der Waals surface area (Å²) in [5, 5.41) is 0.599. The molecule has 3 aromatic rings. The Morgan fingerprint density at radius 3 is 2.61 bits per heavy atom. The lowest BCUT2D eigenvalue weighted by Crippen LogP contribution is -2.34. The van der Waals surface area contributed by atoms with Crippen molar-refractivity contribution in [2.24, 2.45) is 0 Å². The zero-order chi connectivity index (χ0) is 25.7. The third kappa shape index (κ3) is 4.52. The first-order valence-corrected chi connectivity index (χ1v) is 12.0. The fraction of sp³-hybridized carbons (Fsp3) is 0.346. The SMILES string of the molecule is O=C(Cc1cccc(C(F)(F)F)c1F)N1CCCc2nc(C3(c4cccc(Cl)c4)CC3)[nH]c(=O)c2C1. The van der Waals surface area contributed by atoms with Gasteiger partial charge in [-0.2, -0.15) is 13.2 Å². The third-order valence-electron chi connectivity index (χ3n) is 6.95. The number of fused-ring (bicyclic) bond motifs is 1. The molecule has 1 N–H and O–H groups in total. The predicted molar refractivity (Wildman–Crippen MR) is 125 cm³/mol. The van der Waals surface area contributed by atoms with Gasteiger partial charge < -0.3 is 9.88 Å². The maximum atomic E-state index is 14.4. The number of carbonyl (C=O) groups excluding carboxylic acids is 1. The Balaban J connectivity index is 1.40. The summed E-state index contributed by atoms with van der Waals surface area (Å²) in [5.41, 5.74) is -0.574. The van der Waals surface area contributed by atoms with E-state index in [9.17, 15) is 27.2 Å². The Bertz CT molecular complexity index is 1400. The molecule has 1 aliphatic carbocycles. The van der Waals surface area contributed by atoms with E-state index in [0.29, 0.717) is 41.0 Å². The van der Waals surface area contributed by atoms with E-state index in [1.54, 1.807) is 6.07 Å². The van der Waals surface area contributed by atoms with Crippen LogP contribution in [0.25, 0.3) is 0 Å². The zero-order valence-corrected chi connectivity index (χ0v) is 19.8. The number of alkyl halides is 3. The van der Waals surface area contributed by atoms with E-state index in [0.717, 1.165) is 24.5 Å². The number of H-pyrrole nitrogens is 1. The van der Waals surface area contributed by atoms with E-state index in [1.807, 2.05) is 18.2 Å². The van der Waals surface area contributed by atoms with Gasteiger partial charge in [0.1, 0.15) is 11.6 Å². The van der Waals surface area contributed by atoms with Gasteiger partial charge in [0.25, 0.3) is 5.56 Å². The molecule has 1 fully saturated rings. The Morgan fingerprint density at radius 1 is 1.17 bits per heavy atom. The Labute approximate surface area is 209 Å². The lowest BCUT2D eigenvalue weighted by atomic mass is 9.94. The van der Waals surface area contributed by atoms with Crippen LogP contribution in [0.4, 0.5) is 17.6 Å². The number of hydrogen-bond acceptors (Lipinski definition) is 3. The maximum absolute atomic E-state index is 14.4. The minimum atomic E-state index is -4.86. The number of rotatable bonds is 4. The molecule has 2 heterocycles. The molecule has 0 radical (unpaired) electrons. The van der Waals surface area contributed by atoms with Gasteiger partial charge in [-0.15, -0.1) is 0 Å². The molecule has 1 saturated carbocycles. The van der Waals surface area contributed by atoms with Gasteiger partial charge in [-0.05, 0) is 55.0 Å². The second kappa shape index (κ2) is 9.03. The minimum absolute atomic E-state index is 0.0402. The highest BCUT2D eigenvalue weighted by Gasteiger charge is 2.48. The highest BCUT2D eigenvalue weighted by Crippen LogP contribution is 2.52. The summed E-state index contributed by atoms with van der Waals surface area (Å²) in [5.74, 6) is -1.44. The fourth-order valence-electron chi connectivity index (χ4n) is 4.84. The van der Waals surface area contributed by atoms with Gasteiger partial charge in [-0.1, -0.05) is 35.9 Å². The van der Waals surface area contributed by atoms with Crippen LogP contribution in [0.15, 0.2) is 47.3 Å². The van der Waals surface area contributed by atoms with Crippen molar-refractivity contribution in [3.05, 3.63) is 97.4 Å². The van der Waals surface area contributed by atoms with Crippen molar-refractivity contribution in [1.82, 2.24) is 14.9 Å². The van der Waals surface area contributed by atoms with Crippen LogP contribution in [0, 0.1) is 5.82 Å². The number of hydrogen-bond donors (Lipinski definition) is 1. The van der Waals surface area contributed by atoms with Gasteiger partial charge in [-0.3, -0.25) is 9.59 Å². The summed E-state index contributed by atoms with van der Waals surface area (Å²) in [6, 6.07) is 10.4. The average Bonchev–Trinajstić information content (AvgIpc) is 3.64. The normalized spacial score (nSPS) is 16.9. The highest BCUT2D eigenvalue weighted by molar-refractivity contribution is 6.30. The molecular weight excluding hydrogens is 498 g/mol. The Morgan fingerprint density at radius 2 is 1.92 bits per heavy atom. The van der Waals surface area contributed by atoms with Gasteiger partial charge in [-0.25, -0.2) is 9.37 Å². The first kappa shape index (κ1) is 24.5. The van der Waals surface area contributed by atoms with Crippen molar-refractivity contribution in [1.29, 1.82) is 0 Å². The summed E-state index contributed by atoms with van der Waals surface area (Å²) >= 11 is 6.17. The standard InChI is InChI=1S/C26H22ClF4N3O2/c27-17-6-2-5-16(13-17)25(9-10-25)24-32-20-8-3-11-34(14-18(20)23(36)33-24)21(35)12-15-4-1-7-19(22(15)28)26(29,30)31/h1-2,4-7,13H,3,8-12,14H2,(H,32,33,36). The molecule has 0 atom stereocenters. The number of aryl methyl sites for hydroxylation is 1. The van der Waals surface area contributed by atoms with Gasteiger partial charge in [0.2, 0.25) is 5.91 Å². The first-order valence-electron chi connectivity index (χ1n) is 11.6. The smallest absolute Gasteiger partial charge is 0.338 e. The predicted octanol–water partition coefficient (Wildman–Crippen LogP) is 5.18. The number of amides is 1. The summed E-state index contributed by atoms with van der Waals surface area (Å²) in [7, 11) is 0. The van der Waals surface area contributed by atoms with Crippen molar-refractivity contribution in [3.8, 4) is 0 Å². The molecule has 1 aliphatic heterocycles. The lowest BCUT2D eigenvalue weighted by Gasteiger charge is -2.21. The largest absolute Gasteiger partial charge is 0.419 e. The van der Waals surface area contributed by atoms with E-state index < -0.39 is 35.3 Å². The van der Waals surface area contributed by atoms with Crippen molar-refractivity contribution < 1.29 is 22.4 Å². The van der Waals surface area contributed by atoms with Crippen LogP contribution >= 0.6 is 11.6 Å². The second-order valence-corrected chi connectivity index (χ2v) is 9.74. The first-order chi connectivity index (χ1) is 17.1. The molecular formula is C26H22ClF4N3O2. The molecule has 2 aliphatic rings. The lowest BCUT2D eigenvalue weighted by molar-refractivity contribution is -0.140. The number of carbonyl (C=O) groups is 1. The van der Waals surface area contributed by atoms with E-state index in [2.05, 4.69) is 4.98 Å². The van der Waals surface area contributed by atoms with E-state index in [1.165, 1.54) is 11.0 Å². The van der Waals surface area contributed by atoms with Crippen LogP contribution in [0.1, 0.15) is 53.0 Å². The molecule has 0 bridgehead atoms. The average molecular weight is 520 g/mol. The fourth-order valence-corrected chi connectivity index (χ4v) is 5.03. The molecule has 36 heavy (non-hydrogen) atoms. The molecule has 1 amide bonds. The van der Waals surface area contributed by atoms with Crippen LogP contribution in [0.3, 0.4) is 0 Å². The number of nitrogens with one attached hydrogen (secondary N) is 1. The third-order valence-corrected chi connectivity index (χ3v) is 7.19. The minimum Gasteiger partial charge on any atom is -0.338 e. The molecule has 10 heteroatoms. The molecule has 5 nitrogen and oxygen atoms in total. The van der Waals surface area contributed by atoms with Crippen LogP contribution in [0.2, 0.25) is 5.02 Å². The van der Waals surface area contributed by atoms with Gasteiger partial charge >= 0.3 is 6.18 Å². The van der Waals surface area contributed by atoms with Crippen molar-refractivity contribution in [2.75, 3.05) is 6.54 Å². The van der Waals surface area contributed by atoms with Crippen LogP contribution in [0.5, 0.6) is 0 Å². The summed E-state index contributed by atoms with van der Waals surface area (Å²) in [6.07, 6.45) is -2.76. The Hall–Kier alpha value is -3.20. The van der Waals surface area contributed by atoms with Crippen LogP contribution in [-0.2, 0) is 35.8 Å². The molecule has 0 spiro atoms. The van der Waals surface area contributed by atoms with Crippen molar-refractivity contribution in [2.45, 2.75) is 50.2 Å². The zero-order valence-electron chi connectivity index (χ0n) is 19.1. The Kier molecular flexibility index (Phi) is 6.14. The number of nitrogens with zero attached hydrogens (tertiary/aromatic N) is 2. The van der Waals surface area contributed by atoms with Crippen molar-refractivity contribution >= 4 is 17.5 Å². The van der Waals surface area contributed by atoms with E-state index in [-0.39, 0.29) is 24.2 Å². The molecule has 0 unspecified atom stereocenters. The molecule has 2 aromatic carbocycles. The highest BCUT2D eigenvalue weighted by atomic mass is 35.5. The van der Waals surface area contributed by atoms with Gasteiger partial charge in [0.05, 0.1) is 35.2 Å². The van der Waals surface area contributed by atoms with Crippen molar-refractivity contribution in [3.63, 3.8) is 0 Å². The number of benzene rings is 2.